The van der Waals surface area contributed by atoms with Gasteiger partial charge in [0.25, 0.3) is 5.91 Å². The fraction of sp³-hybridized carbons (Fsp3) is 0.455. The fourth-order valence-corrected chi connectivity index (χ4v) is 1.39. The number of hydrogen-bond acceptors (Lipinski definition) is 3. The Morgan fingerprint density at radius 1 is 1.50 bits per heavy atom. The van der Waals surface area contributed by atoms with Crippen LogP contribution in [0.3, 0.4) is 0 Å². The average Bonchev–Trinajstić information content (AvgIpc) is 2.77. The number of rotatable bonds is 5. The maximum atomic E-state index is 11.5. The molecule has 0 aliphatic rings. The highest BCUT2D eigenvalue weighted by molar-refractivity contribution is 7.80. The number of carbonyl (C=O) groups is 1. The van der Waals surface area contributed by atoms with E-state index < -0.39 is 0 Å². The largest absolute Gasteiger partial charge is 0.459 e. The lowest BCUT2D eigenvalue weighted by molar-refractivity contribution is 0.0949. The van der Waals surface area contributed by atoms with Gasteiger partial charge in [-0.2, -0.15) is 0 Å². The molecule has 0 aliphatic carbocycles. The van der Waals surface area contributed by atoms with Gasteiger partial charge in [-0.05, 0) is 30.8 Å². The van der Waals surface area contributed by atoms with E-state index in [0.29, 0.717) is 5.11 Å². The molecular formula is C11H16N2O2S. The molecule has 16 heavy (non-hydrogen) atoms. The smallest absolute Gasteiger partial charge is 0.293 e. The van der Waals surface area contributed by atoms with Gasteiger partial charge in [-0.15, -0.1) is 0 Å². The zero-order chi connectivity index (χ0) is 11.8. The highest BCUT2D eigenvalue weighted by Gasteiger charge is 2.09. The molecule has 0 bridgehead atoms. The minimum atomic E-state index is -0.321. The first-order chi connectivity index (χ1) is 7.74. The maximum Gasteiger partial charge on any atom is 0.293 e. The summed E-state index contributed by atoms with van der Waals surface area (Å²) in [5.41, 5.74) is 0. The molecule has 0 atom stereocenters. The van der Waals surface area contributed by atoms with Crippen LogP contribution in [-0.2, 0) is 0 Å². The Balaban J connectivity index is 2.21. The summed E-state index contributed by atoms with van der Waals surface area (Å²) in [5.74, 6) is -0.0595. The molecule has 1 amide bonds. The molecule has 2 N–H and O–H groups in total. The summed E-state index contributed by atoms with van der Waals surface area (Å²) in [5, 5.41) is 5.86. The van der Waals surface area contributed by atoms with Crippen molar-refractivity contribution >= 4 is 23.2 Å². The average molecular weight is 240 g/mol. The van der Waals surface area contributed by atoms with E-state index >= 15 is 0 Å². The summed E-state index contributed by atoms with van der Waals surface area (Å²) in [6.07, 6.45) is 4.81. The fourth-order valence-electron chi connectivity index (χ4n) is 1.19. The van der Waals surface area contributed by atoms with E-state index in [1.807, 2.05) is 0 Å². The standard InChI is InChI=1S/C11H16N2O2S/c1-2-3-4-7-12-11(16)13-10(14)9-6-5-8-15-9/h5-6,8H,2-4,7H2,1H3,(H2,12,13,14,16). The van der Waals surface area contributed by atoms with Crippen LogP contribution in [0.25, 0.3) is 0 Å². The SMILES string of the molecule is CCCCCNC(=S)NC(=O)c1ccco1. The first-order valence-corrected chi connectivity index (χ1v) is 5.77. The molecule has 0 unspecified atom stereocenters. The lowest BCUT2D eigenvalue weighted by atomic mass is 10.2. The van der Waals surface area contributed by atoms with Crippen molar-refractivity contribution in [2.75, 3.05) is 6.54 Å². The van der Waals surface area contributed by atoms with Crippen LogP contribution in [0.4, 0.5) is 0 Å². The normalized spacial score (nSPS) is 9.81. The number of thiocarbonyl (C=S) groups is 1. The molecule has 5 heteroatoms. The van der Waals surface area contributed by atoms with E-state index in [4.69, 9.17) is 16.6 Å². The van der Waals surface area contributed by atoms with Crippen molar-refractivity contribution in [3.05, 3.63) is 24.2 Å². The molecule has 0 fully saturated rings. The van der Waals surface area contributed by atoms with Gasteiger partial charge in [-0.3, -0.25) is 10.1 Å². The van der Waals surface area contributed by atoms with E-state index in [1.165, 1.54) is 6.26 Å². The number of furan rings is 1. The zero-order valence-electron chi connectivity index (χ0n) is 9.29. The van der Waals surface area contributed by atoms with Crippen molar-refractivity contribution in [3.63, 3.8) is 0 Å². The van der Waals surface area contributed by atoms with Crippen LogP contribution in [-0.4, -0.2) is 17.6 Å². The van der Waals surface area contributed by atoms with Crippen LogP contribution < -0.4 is 10.6 Å². The van der Waals surface area contributed by atoms with Crippen LogP contribution in [0.5, 0.6) is 0 Å². The Morgan fingerprint density at radius 3 is 2.94 bits per heavy atom. The molecule has 1 heterocycles. The quantitative estimate of drug-likeness (QED) is 0.611. The summed E-state index contributed by atoms with van der Waals surface area (Å²) < 4.78 is 4.94. The van der Waals surface area contributed by atoms with Crippen molar-refractivity contribution in [2.24, 2.45) is 0 Å². The number of nitrogens with one attached hydrogen (secondary N) is 2. The summed E-state index contributed by atoms with van der Waals surface area (Å²) in [6, 6.07) is 3.25. The van der Waals surface area contributed by atoms with Crippen LogP contribution in [0.15, 0.2) is 22.8 Å². The molecule has 0 saturated heterocycles. The first kappa shape index (κ1) is 12.7. The Kier molecular flexibility index (Phi) is 5.56. The van der Waals surface area contributed by atoms with Gasteiger partial charge in [-0.1, -0.05) is 19.8 Å². The Morgan fingerprint density at radius 2 is 2.31 bits per heavy atom. The second-order valence-corrected chi connectivity index (χ2v) is 3.80. The summed E-state index contributed by atoms with van der Waals surface area (Å²) in [4.78, 5) is 11.5. The molecule has 4 nitrogen and oxygen atoms in total. The van der Waals surface area contributed by atoms with Crippen LogP contribution in [0.1, 0.15) is 36.7 Å². The van der Waals surface area contributed by atoms with Crippen molar-refractivity contribution in [1.82, 2.24) is 10.6 Å². The molecule has 1 aromatic rings. The molecule has 0 radical (unpaired) electrons. The monoisotopic (exact) mass is 240 g/mol. The molecule has 0 aromatic carbocycles. The molecule has 0 spiro atoms. The van der Waals surface area contributed by atoms with Gasteiger partial charge < -0.3 is 9.73 Å². The van der Waals surface area contributed by atoms with Gasteiger partial charge in [0.15, 0.2) is 10.9 Å². The third-order valence-corrected chi connectivity index (χ3v) is 2.28. The van der Waals surface area contributed by atoms with Crippen molar-refractivity contribution in [2.45, 2.75) is 26.2 Å². The highest BCUT2D eigenvalue weighted by atomic mass is 32.1. The summed E-state index contributed by atoms with van der Waals surface area (Å²) in [6.45, 7) is 2.92. The van der Waals surface area contributed by atoms with Gasteiger partial charge >= 0.3 is 0 Å². The third-order valence-electron chi connectivity index (χ3n) is 2.04. The van der Waals surface area contributed by atoms with E-state index in [1.54, 1.807) is 12.1 Å². The topological polar surface area (TPSA) is 54.3 Å². The minimum Gasteiger partial charge on any atom is -0.459 e. The molecule has 88 valence electrons. The van der Waals surface area contributed by atoms with E-state index in [2.05, 4.69) is 17.6 Å². The van der Waals surface area contributed by atoms with E-state index in [-0.39, 0.29) is 11.7 Å². The van der Waals surface area contributed by atoms with Crippen LogP contribution in [0, 0.1) is 0 Å². The van der Waals surface area contributed by atoms with Crippen molar-refractivity contribution < 1.29 is 9.21 Å². The molecule has 0 aliphatic heterocycles. The Labute approximate surface area is 100 Å². The minimum absolute atomic E-state index is 0.262. The predicted octanol–water partition coefficient (Wildman–Crippen LogP) is 2.07. The highest BCUT2D eigenvalue weighted by Crippen LogP contribution is 1.98. The second-order valence-electron chi connectivity index (χ2n) is 3.39. The summed E-state index contributed by atoms with van der Waals surface area (Å²) >= 11 is 4.97. The third kappa shape index (κ3) is 4.44. The van der Waals surface area contributed by atoms with Crippen molar-refractivity contribution in [3.8, 4) is 0 Å². The first-order valence-electron chi connectivity index (χ1n) is 5.36. The number of carbonyl (C=O) groups excluding carboxylic acids is 1. The predicted molar refractivity (Wildman–Crippen MR) is 66.3 cm³/mol. The number of hydrogen-bond donors (Lipinski definition) is 2. The lowest BCUT2D eigenvalue weighted by Gasteiger charge is -2.07. The molecular weight excluding hydrogens is 224 g/mol. The molecule has 0 saturated carbocycles. The van der Waals surface area contributed by atoms with E-state index in [9.17, 15) is 4.79 Å². The van der Waals surface area contributed by atoms with Gasteiger partial charge in [-0.25, -0.2) is 0 Å². The summed E-state index contributed by atoms with van der Waals surface area (Å²) in [7, 11) is 0. The Bertz CT molecular complexity index is 336. The van der Waals surface area contributed by atoms with Gasteiger partial charge in [0.05, 0.1) is 6.26 Å². The molecule has 1 rings (SSSR count). The lowest BCUT2D eigenvalue weighted by Crippen LogP contribution is -2.39. The van der Waals surface area contributed by atoms with Gasteiger partial charge in [0.1, 0.15) is 0 Å². The van der Waals surface area contributed by atoms with Crippen molar-refractivity contribution in [1.29, 1.82) is 0 Å². The van der Waals surface area contributed by atoms with Gasteiger partial charge in [0.2, 0.25) is 0 Å². The van der Waals surface area contributed by atoms with Gasteiger partial charge in [0, 0.05) is 6.54 Å². The van der Waals surface area contributed by atoms with Crippen LogP contribution in [0.2, 0.25) is 0 Å². The van der Waals surface area contributed by atoms with Crippen LogP contribution >= 0.6 is 12.2 Å². The second kappa shape index (κ2) is 7.00. The van der Waals surface area contributed by atoms with E-state index in [0.717, 1.165) is 25.8 Å². The molecule has 1 aromatic heterocycles. The zero-order valence-corrected chi connectivity index (χ0v) is 10.1. The maximum absolute atomic E-state index is 11.5. The number of unbranched alkanes of at least 4 members (excludes halogenated alkanes) is 2. The Hall–Kier alpha value is -1.36. The number of amides is 1.